The average molecular weight is 354 g/mol. The van der Waals surface area contributed by atoms with Crippen LogP contribution in [0.1, 0.15) is 64.7 Å². The van der Waals surface area contributed by atoms with Crippen LogP contribution in [0.25, 0.3) is 0 Å². The van der Waals surface area contributed by atoms with Crippen LogP contribution in [0.15, 0.2) is 24.3 Å². The van der Waals surface area contributed by atoms with Gasteiger partial charge in [-0.25, -0.2) is 0 Å². The maximum atomic E-state index is 10.5. The molecule has 5 atom stereocenters. The first-order valence-electron chi connectivity index (χ1n) is 9.55. The van der Waals surface area contributed by atoms with Crippen molar-refractivity contribution < 1.29 is 25.2 Å². The van der Waals surface area contributed by atoms with E-state index in [1.807, 2.05) is 18.2 Å². The molecule has 0 aliphatic heterocycles. The Balaban J connectivity index is 2.46. The molecule has 25 heavy (non-hydrogen) atoms. The van der Waals surface area contributed by atoms with E-state index in [2.05, 4.69) is 6.92 Å². The minimum Gasteiger partial charge on any atom is -0.481 e. The highest BCUT2D eigenvalue weighted by atomic mass is 16.4. The van der Waals surface area contributed by atoms with Crippen LogP contribution < -0.4 is 0 Å². The number of carbonyl (C=O) groups is 1. The Morgan fingerprint density at radius 3 is 2.60 bits per heavy atom. The summed E-state index contributed by atoms with van der Waals surface area (Å²) in [5, 5.41) is 39.0. The number of carboxylic acid groups (broad SMARTS) is 1. The van der Waals surface area contributed by atoms with E-state index in [0.717, 1.165) is 25.7 Å². The molecule has 0 spiro atoms. The highest BCUT2D eigenvalue weighted by Gasteiger charge is 2.39. The summed E-state index contributed by atoms with van der Waals surface area (Å²) in [4.78, 5) is 10.5. The van der Waals surface area contributed by atoms with Gasteiger partial charge in [0.05, 0.1) is 18.3 Å². The van der Waals surface area contributed by atoms with Gasteiger partial charge in [-0.1, -0.05) is 50.5 Å². The third-order valence-corrected chi connectivity index (χ3v) is 4.91. The predicted molar refractivity (Wildman–Crippen MR) is 98.1 cm³/mol. The van der Waals surface area contributed by atoms with Crippen LogP contribution in [-0.4, -0.2) is 44.7 Å². The van der Waals surface area contributed by atoms with Crippen molar-refractivity contribution in [1.82, 2.24) is 0 Å². The second-order valence-corrected chi connectivity index (χ2v) is 7.05. The Labute approximate surface area is 151 Å². The van der Waals surface area contributed by atoms with Gasteiger partial charge in [0.2, 0.25) is 0 Å². The topological polar surface area (TPSA) is 98.0 Å². The third kappa shape index (κ3) is 8.66. The van der Waals surface area contributed by atoms with Gasteiger partial charge in [-0.3, -0.25) is 4.79 Å². The van der Waals surface area contributed by atoms with Crippen molar-refractivity contribution in [3.63, 3.8) is 0 Å². The lowest BCUT2D eigenvalue weighted by Crippen LogP contribution is -2.20. The third-order valence-electron chi connectivity index (χ3n) is 4.91. The summed E-state index contributed by atoms with van der Waals surface area (Å²) in [5.41, 5.74) is 0. The van der Waals surface area contributed by atoms with E-state index >= 15 is 0 Å². The van der Waals surface area contributed by atoms with Gasteiger partial charge in [0, 0.05) is 18.8 Å². The minimum atomic E-state index is -0.787. The predicted octanol–water partition coefficient (Wildman–Crippen LogP) is 3.04. The Morgan fingerprint density at radius 2 is 1.92 bits per heavy atom. The summed E-state index contributed by atoms with van der Waals surface area (Å²) in [5.74, 6) is -1.00. The number of aliphatic hydroxyl groups is 3. The van der Waals surface area contributed by atoms with Crippen molar-refractivity contribution >= 4 is 5.97 Å². The van der Waals surface area contributed by atoms with Crippen molar-refractivity contribution in [2.75, 3.05) is 0 Å². The van der Waals surface area contributed by atoms with Gasteiger partial charge in [-0.05, 0) is 31.6 Å². The fraction of sp³-hybridized carbons (Fsp3) is 0.750. The van der Waals surface area contributed by atoms with Crippen molar-refractivity contribution in [1.29, 1.82) is 0 Å². The molecule has 0 aromatic rings. The van der Waals surface area contributed by atoms with Gasteiger partial charge in [-0.2, -0.15) is 0 Å². The molecule has 0 aromatic heterocycles. The zero-order valence-corrected chi connectivity index (χ0v) is 15.3. The van der Waals surface area contributed by atoms with Crippen molar-refractivity contribution in [2.24, 2.45) is 11.8 Å². The molecule has 0 radical (unpaired) electrons. The molecule has 5 nitrogen and oxygen atoms in total. The van der Waals surface area contributed by atoms with Crippen LogP contribution in [0.3, 0.4) is 0 Å². The highest BCUT2D eigenvalue weighted by molar-refractivity contribution is 5.66. The molecular weight excluding hydrogens is 320 g/mol. The molecule has 0 heterocycles. The zero-order chi connectivity index (χ0) is 18.7. The first kappa shape index (κ1) is 21.9. The quantitative estimate of drug-likeness (QED) is 0.319. The Hall–Kier alpha value is -1.17. The highest BCUT2D eigenvalue weighted by Crippen LogP contribution is 2.36. The molecule has 1 saturated carbocycles. The molecule has 0 bridgehead atoms. The molecule has 1 aliphatic rings. The van der Waals surface area contributed by atoms with Gasteiger partial charge >= 0.3 is 5.97 Å². The standard InChI is InChI=1S/C20H34O5/c1-2-3-6-9-15(21)12-13-17-16(18(22)14-19(17)23)10-7-4-5-8-11-20(24)25/h4,7,12-13,15-19,21-23H,2-3,5-6,8-11,14H2,1H3,(H,24,25)/t15?,16-,17-,18-,19-/m1/s1. The number of aliphatic hydroxyl groups excluding tert-OH is 3. The van der Waals surface area contributed by atoms with E-state index in [-0.39, 0.29) is 18.3 Å². The summed E-state index contributed by atoms with van der Waals surface area (Å²) < 4.78 is 0. The number of allylic oxidation sites excluding steroid dienone is 2. The van der Waals surface area contributed by atoms with E-state index in [1.54, 1.807) is 6.08 Å². The van der Waals surface area contributed by atoms with Gasteiger partial charge in [-0.15, -0.1) is 0 Å². The summed E-state index contributed by atoms with van der Waals surface area (Å²) >= 11 is 0. The smallest absolute Gasteiger partial charge is 0.303 e. The summed E-state index contributed by atoms with van der Waals surface area (Å²) in [6, 6.07) is 0. The average Bonchev–Trinajstić information content (AvgIpc) is 2.82. The lowest BCUT2D eigenvalue weighted by Gasteiger charge is -2.19. The fourth-order valence-corrected chi connectivity index (χ4v) is 3.41. The normalized spacial score (nSPS) is 28.2. The first-order chi connectivity index (χ1) is 12.0. The summed E-state index contributed by atoms with van der Waals surface area (Å²) in [6.07, 6.45) is 12.3. The maximum absolute atomic E-state index is 10.5. The number of hydrogen-bond donors (Lipinski definition) is 4. The fourth-order valence-electron chi connectivity index (χ4n) is 3.41. The number of hydrogen-bond acceptors (Lipinski definition) is 4. The minimum absolute atomic E-state index is 0.0650. The Morgan fingerprint density at radius 1 is 1.16 bits per heavy atom. The van der Waals surface area contributed by atoms with E-state index in [1.165, 1.54) is 0 Å². The van der Waals surface area contributed by atoms with E-state index in [0.29, 0.717) is 25.7 Å². The second kappa shape index (κ2) is 12.2. The Bertz CT molecular complexity index is 432. The molecule has 1 unspecified atom stereocenters. The largest absolute Gasteiger partial charge is 0.481 e. The van der Waals surface area contributed by atoms with Crippen LogP contribution in [0.2, 0.25) is 0 Å². The van der Waals surface area contributed by atoms with Crippen LogP contribution >= 0.6 is 0 Å². The zero-order valence-electron chi connectivity index (χ0n) is 15.3. The lowest BCUT2D eigenvalue weighted by molar-refractivity contribution is -0.137. The molecule has 0 amide bonds. The second-order valence-electron chi connectivity index (χ2n) is 7.05. The van der Waals surface area contributed by atoms with Gasteiger partial charge < -0.3 is 20.4 Å². The number of unbranched alkanes of at least 4 members (excludes halogenated alkanes) is 3. The molecule has 5 heteroatoms. The van der Waals surface area contributed by atoms with E-state index in [9.17, 15) is 20.1 Å². The molecular formula is C20H34O5. The van der Waals surface area contributed by atoms with Crippen LogP contribution in [0, 0.1) is 11.8 Å². The molecule has 1 fully saturated rings. The van der Waals surface area contributed by atoms with Gasteiger partial charge in [0.1, 0.15) is 0 Å². The summed E-state index contributed by atoms with van der Waals surface area (Å²) in [7, 11) is 0. The van der Waals surface area contributed by atoms with Crippen molar-refractivity contribution in [3.8, 4) is 0 Å². The van der Waals surface area contributed by atoms with Gasteiger partial charge in [0.25, 0.3) is 0 Å². The number of aliphatic carboxylic acids is 1. The maximum Gasteiger partial charge on any atom is 0.303 e. The van der Waals surface area contributed by atoms with Crippen LogP contribution in [0.5, 0.6) is 0 Å². The SMILES string of the molecule is CCCCCC(O)C=C[C@@H]1[C@@H](CC=CCCCC(=O)O)[C@H](O)C[C@H]1O. The first-order valence-corrected chi connectivity index (χ1v) is 9.55. The van der Waals surface area contributed by atoms with Crippen molar-refractivity contribution in [2.45, 2.75) is 83.0 Å². The van der Waals surface area contributed by atoms with E-state index < -0.39 is 24.3 Å². The molecule has 4 N–H and O–H groups in total. The molecule has 0 saturated heterocycles. The van der Waals surface area contributed by atoms with E-state index in [4.69, 9.17) is 5.11 Å². The number of carboxylic acids is 1. The summed E-state index contributed by atoms with van der Waals surface area (Å²) in [6.45, 7) is 2.12. The molecule has 1 aliphatic carbocycles. The van der Waals surface area contributed by atoms with Crippen LogP contribution in [0.4, 0.5) is 0 Å². The molecule has 144 valence electrons. The molecule has 1 rings (SSSR count). The van der Waals surface area contributed by atoms with Crippen LogP contribution in [-0.2, 0) is 4.79 Å². The van der Waals surface area contributed by atoms with Crippen molar-refractivity contribution in [3.05, 3.63) is 24.3 Å². The Kier molecular flexibility index (Phi) is 10.7. The number of rotatable bonds is 12. The monoisotopic (exact) mass is 354 g/mol. The lowest BCUT2D eigenvalue weighted by atomic mass is 9.89. The molecule has 0 aromatic carbocycles. The van der Waals surface area contributed by atoms with Gasteiger partial charge in [0.15, 0.2) is 0 Å².